The van der Waals surface area contributed by atoms with Gasteiger partial charge in [0.1, 0.15) is 10.4 Å². The maximum Gasteiger partial charge on any atom is 0.119 e. The van der Waals surface area contributed by atoms with Gasteiger partial charge in [0.15, 0.2) is 0 Å². The Kier molecular flexibility index (Phi) is 7.80. The number of pyridine rings is 1. The van der Waals surface area contributed by atoms with Crippen molar-refractivity contribution in [1.29, 1.82) is 0 Å². The second-order valence-electron chi connectivity index (χ2n) is 5.42. The standard InChI is InChI=1S/C18H23NO3S/c1-15(13-22-17-5-3-2-4-6-17)12-20-9-10-21-14-16-7-8-18(23)19-11-16/h2-8,11,15H,9-10,12-14H2,1H3,(H,19,23). The number of ether oxygens (including phenoxy) is 3. The smallest absolute Gasteiger partial charge is 0.119 e. The number of hydrogen-bond acceptors (Lipinski definition) is 4. The minimum atomic E-state index is 0.337. The van der Waals surface area contributed by atoms with Gasteiger partial charge in [-0.15, -0.1) is 0 Å². The van der Waals surface area contributed by atoms with E-state index in [4.69, 9.17) is 26.4 Å². The van der Waals surface area contributed by atoms with Gasteiger partial charge in [0.05, 0.1) is 33.0 Å². The molecule has 0 aliphatic rings. The maximum absolute atomic E-state index is 5.69. The summed E-state index contributed by atoms with van der Waals surface area (Å²) in [6.07, 6.45) is 1.87. The Morgan fingerprint density at radius 1 is 1.00 bits per heavy atom. The van der Waals surface area contributed by atoms with Crippen molar-refractivity contribution < 1.29 is 14.2 Å². The van der Waals surface area contributed by atoms with Crippen molar-refractivity contribution in [3.05, 3.63) is 58.9 Å². The van der Waals surface area contributed by atoms with Crippen LogP contribution in [0, 0.1) is 10.6 Å². The molecule has 1 atom stereocenters. The molecule has 0 amide bonds. The summed E-state index contributed by atoms with van der Waals surface area (Å²) in [5.74, 6) is 1.23. The van der Waals surface area contributed by atoms with Crippen LogP contribution < -0.4 is 4.74 Å². The number of hydrogen-bond donors (Lipinski definition) is 1. The summed E-state index contributed by atoms with van der Waals surface area (Å²) in [4.78, 5) is 2.98. The lowest BCUT2D eigenvalue weighted by Gasteiger charge is -2.13. The average Bonchev–Trinajstić information content (AvgIpc) is 2.58. The number of benzene rings is 1. The highest BCUT2D eigenvalue weighted by atomic mass is 32.1. The largest absolute Gasteiger partial charge is 0.493 e. The molecule has 124 valence electrons. The molecule has 1 heterocycles. The van der Waals surface area contributed by atoms with Gasteiger partial charge in [-0.3, -0.25) is 0 Å². The van der Waals surface area contributed by atoms with Crippen molar-refractivity contribution in [3.8, 4) is 5.75 Å². The van der Waals surface area contributed by atoms with Crippen molar-refractivity contribution in [2.75, 3.05) is 26.4 Å². The second kappa shape index (κ2) is 10.2. The maximum atomic E-state index is 5.69. The number of nitrogens with one attached hydrogen (secondary N) is 1. The Labute approximate surface area is 142 Å². The van der Waals surface area contributed by atoms with Gasteiger partial charge in [0, 0.05) is 12.1 Å². The van der Waals surface area contributed by atoms with E-state index in [1.807, 2.05) is 48.7 Å². The first kappa shape index (κ1) is 17.7. The number of H-pyrrole nitrogens is 1. The normalized spacial score (nSPS) is 12.0. The lowest BCUT2D eigenvalue weighted by atomic mass is 10.2. The predicted octanol–water partition coefficient (Wildman–Crippen LogP) is 3.99. The Morgan fingerprint density at radius 2 is 1.78 bits per heavy atom. The van der Waals surface area contributed by atoms with Crippen LogP contribution in [0.3, 0.4) is 0 Å². The van der Waals surface area contributed by atoms with E-state index >= 15 is 0 Å². The summed E-state index contributed by atoms with van der Waals surface area (Å²) in [6, 6.07) is 13.6. The molecule has 2 rings (SSSR count). The predicted molar refractivity (Wildman–Crippen MR) is 93.2 cm³/mol. The monoisotopic (exact) mass is 333 g/mol. The Morgan fingerprint density at radius 3 is 2.52 bits per heavy atom. The molecule has 4 nitrogen and oxygen atoms in total. The molecule has 0 aliphatic carbocycles. The van der Waals surface area contributed by atoms with Gasteiger partial charge >= 0.3 is 0 Å². The third kappa shape index (κ3) is 7.41. The lowest BCUT2D eigenvalue weighted by molar-refractivity contribution is 0.0233. The molecule has 23 heavy (non-hydrogen) atoms. The molecule has 0 saturated carbocycles. The SMILES string of the molecule is CC(COCCOCc1ccc(=S)[nH]c1)COc1ccccc1. The highest BCUT2D eigenvalue weighted by Crippen LogP contribution is 2.10. The Balaban J connectivity index is 1.50. The first-order chi connectivity index (χ1) is 11.2. The molecule has 1 unspecified atom stereocenters. The molecule has 1 aromatic carbocycles. The van der Waals surface area contributed by atoms with Crippen LogP contribution >= 0.6 is 12.2 Å². The minimum absolute atomic E-state index is 0.337. The fourth-order valence-electron chi connectivity index (χ4n) is 1.93. The van der Waals surface area contributed by atoms with E-state index in [-0.39, 0.29) is 0 Å². The molecule has 0 saturated heterocycles. The van der Waals surface area contributed by atoms with Crippen LogP contribution in [-0.4, -0.2) is 31.4 Å². The second-order valence-corrected chi connectivity index (χ2v) is 5.86. The van der Waals surface area contributed by atoms with Gasteiger partial charge in [0.2, 0.25) is 0 Å². The summed E-state index contributed by atoms with van der Waals surface area (Å²) < 4.78 is 17.6. The van der Waals surface area contributed by atoms with Crippen LogP contribution in [0.1, 0.15) is 12.5 Å². The van der Waals surface area contributed by atoms with Crippen LogP contribution in [0.2, 0.25) is 0 Å². The van der Waals surface area contributed by atoms with E-state index in [0.717, 1.165) is 16.0 Å². The molecule has 1 aromatic heterocycles. The third-order valence-corrected chi connectivity index (χ3v) is 3.42. The summed E-state index contributed by atoms with van der Waals surface area (Å²) in [5, 5.41) is 0. The third-order valence-electron chi connectivity index (χ3n) is 3.17. The van der Waals surface area contributed by atoms with Crippen molar-refractivity contribution in [3.63, 3.8) is 0 Å². The molecule has 5 heteroatoms. The quantitative estimate of drug-likeness (QED) is 0.527. The van der Waals surface area contributed by atoms with Gasteiger partial charge in [0.25, 0.3) is 0 Å². The van der Waals surface area contributed by atoms with E-state index in [9.17, 15) is 0 Å². The highest BCUT2D eigenvalue weighted by molar-refractivity contribution is 7.71. The number of aromatic nitrogens is 1. The van der Waals surface area contributed by atoms with E-state index in [0.29, 0.717) is 39.0 Å². The van der Waals surface area contributed by atoms with Crippen molar-refractivity contribution in [2.45, 2.75) is 13.5 Å². The molecule has 0 bridgehead atoms. The molecule has 2 aromatic rings. The molecule has 0 spiro atoms. The molecule has 1 N–H and O–H groups in total. The topological polar surface area (TPSA) is 43.5 Å². The van der Waals surface area contributed by atoms with E-state index in [1.165, 1.54) is 0 Å². The van der Waals surface area contributed by atoms with Crippen LogP contribution in [0.5, 0.6) is 5.75 Å². The number of para-hydroxylation sites is 1. The van der Waals surface area contributed by atoms with Crippen LogP contribution in [0.25, 0.3) is 0 Å². The zero-order valence-corrected chi connectivity index (χ0v) is 14.2. The molecular weight excluding hydrogens is 310 g/mol. The minimum Gasteiger partial charge on any atom is -0.493 e. The molecule has 0 aliphatic heterocycles. The van der Waals surface area contributed by atoms with Gasteiger partial charge in [-0.05, 0) is 23.8 Å². The Bertz CT molecular complexity index is 595. The zero-order chi connectivity index (χ0) is 16.3. The summed E-state index contributed by atoms with van der Waals surface area (Å²) >= 11 is 4.99. The van der Waals surface area contributed by atoms with Crippen molar-refractivity contribution >= 4 is 12.2 Å². The molecule has 0 radical (unpaired) electrons. The van der Waals surface area contributed by atoms with Crippen LogP contribution in [0.4, 0.5) is 0 Å². The average molecular weight is 333 g/mol. The summed E-state index contributed by atoms with van der Waals surface area (Å²) in [5.41, 5.74) is 1.07. The highest BCUT2D eigenvalue weighted by Gasteiger charge is 2.03. The van der Waals surface area contributed by atoms with Crippen LogP contribution in [-0.2, 0) is 16.1 Å². The van der Waals surface area contributed by atoms with Gasteiger partial charge in [-0.25, -0.2) is 0 Å². The van der Waals surface area contributed by atoms with Gasteiger partial charge < -0.3 is 19.2 Å². The summed E-state index contributed by atoms with van der Waals surface area (Å²) in [7, 11) is 0. The van der Waals surface area contributed by atoms with Crippen molar-refractivity contribution in [2.24, 2.45) is 5.92 Å². The molecular formula is C18H23NO3S. The Hall–Kier alpha value is -1.69. The summed E-state index contributed by atoms with van der Waals surface area (Å²) in [6.45, 7) is 5.13. The zero-order valence-electron chi connectivity index (χ0n) is 13.4. The number of rotatable bonds is 10. The van der Waals surface area contributed by atoms with E-state index in [1.54, 1.807) is 0 Å². The molecule has 0 fully saturated rings. The first-order valence-corrected chi connectivity index (χ1v) is 8.16. The van der Waals surface area contributed by atoms with Crippen LogP contribution in [0.15, 0.2) is 48.7 Å². The van der Waals surface area contributed by atoms with Gasteiger partial charge in [-0.1, -0.05) is 43.4 Å². The lowest BCUT2D eigenvalue weighted by Crippen LogP contribution is -2.16. The fraction of sp³-hybridized carbons (Fsp3) is 0.389. The van der Waals surface area contributed by atoms with Gasteiger partial charge in [-0.2, -0.15) is 0 Å². The van der Waals surface area contributed by atoms with Crippen molar-refractivity contribution in [1.82, 2.24) is 4.98 Å². The van der Waals surface area contributed by atoms with E-state index < -0.39 is 0 Å². The first-order valence-electron chi connectivity index (χ1n) is 7.75. The number of aromatic amines is 1. The van der Waals surface area contributed by atoms with E-state index in [2.05, 4.69) is 11.9 Å². The fourth-order valence-corrected chi connectivity index (χ4v) is 2.06.